The molecule has 0 bridgehead atoms. The largest absolute Gasteiger partial charge is 0.493 e. The van der Waals surface area contributed by atoms with Gasteiger partial charge >= 0.3 is 5.97 Å². The van der Waals surface area contributed by atoms with Crippen molar-refractivity contribution in [3.05, 3.63) is 23.8 Å². The summed E-state index contributed by atoms with van der Waals surface area (Å²) in [6.07, 6.45) is 3.67. The maximum atomic E-state index is 11.8. The molecule has 0 atom stereocenters. The molecule has 0 aromatic heterocycles. The number of nitrogens with zero attached hydrogens (tertiary/aromatic N) is 3. The molecule has 6 heteroatoms. The molecule has 0 spiro atoms. The number of piperazine rings is 1. The molecule has 1 aliphatic heterocycles. The molecule has 1 aromatic carbocycles. The Morgan fingerprint density at radius 3 is 2.61 bits per heavy atom. The zero-order valence-electron chi connectivity index (χ0n) is 13.7. The summed E-state index contributed by atoms with van der Waals surface area (Å²) in [6, 6.07) is 5.50. The van der Waals surface area contributed by atoms with Crippen LogP contribution in [-0.2, 0) is 4.79 Å². The summed E-state index contributed by atoms with van der Waals surface area (Å²) in [5.41, 5.74) is 0.923. The number of rotatable bonds is 5. The van der Waals surface area contributed by atoms with Crippen LogP contribution in [0.4, 0.5) is 0 Å². The van der Waals surface area contributed by atoms with E-state index in [0.717, 1.165) is 44.6 Å². The lowest BCUT2D eigenvalue weighted by Gasteiger charge is -2.30. The van der Waals surface area contributed by atoms with Crippen LogP contribution < -0.4 is 9.47 Å². The third-order valence-electron chi connectivity index (χ3n) is 4.16. The van der Waals surface area contributed by atoms with Gasteiger partial charge in [0.2, 0.25) is 0 Å². The van der Waals surface area contributed by atoms with Gasteiger partial charge in [0.15, 0.2) is 11.5 Å². The van der Waals surface area contributed by atoms with E-state index >= 15 is 0 Å². The van der Waals surface area contributed by atoms with Crippen LogP contribution in [0.3, 0.4) is 0 Å². The van der Waals surface area contributed by atoms with Crippen LogP contribution >= 0.6 is 0 Å². The normalized spacial score (nSPS) is 19.1. The van der Waals surface area contributed by atoms with E-state index in [1.165, 1.54) is 0 Å². The summed E-state index contributed by atoms with van der Waals surface area (Å²) in [4.78, 5) is 14.1. The maximum absolute atomic E-state index is 11.8. The summed E-state index contributed by atoms with van der Waals surface area (Å²) in [5, 5.41) is 6.57. The molecule has 124 valence electrons. The van der Waals surface area contributed by atoms with E-state index < -0.39 is 0 Å². The molecule has 1 saturated carbocycles. The van der Waals surface area contributed by atoms with Crippen LogP contribution in [0, 0.1) is 5.92 Å². The second-order valence-electron chi connectivity index (χ2n) is 6.11. The number of hydrogen-bond donors (Lipinski definition) is 0. The van der Waals surface area contributed by atoms with E-state index in [2.05, 4.69) is 22.1 Å². The van der Waals surface area contributed by atoms with Crippen LogP contribution in [0.5, 0.6) is 11.5 Å². The zero-order valence-corrected chi connectivity index (χ0v) is 13.7. The number of carbonyl (C=O) groups is 1. The Bertz CT molecular complexity index is 591. The van der Waals surface area contributed by atoms with Crippen molar-refractivity contribution in [2.75, 3.05) is 40.3 Å². The molecule has 2 aliphatic rings. The third kappa shape index (κ3) is 4.22. The monoisotopic (exact) mass is 317 g/mol. The fourth-order valence-corrected chi connectivity index (χ4v) is 2.42. The molecule has 2 fully saturated rings. The standard InChI is InChI=1S/C17H23N3O3/c1-19-7-9-20(10-8-19)18-12-13-3-6-15(16(11-13)22-2)23-17(21)14-4-5-14/h3,6,11-12,14H,4-5,7-10H2,1-2H3/b18-12-. The zero-order chi connectivity index (χ0) is 16.2. The topological polar surface area (TPSA) is 54.4 Å². The summed E-state index contributed by atoms with van der Waals surface area (Å²) in [6.45, 7) is 3.91. The van der Waals surface area contributed by atoms with Crippen LogP contribution in [0.25, 0.3) is 0 Å². The van der Waals surface area contributed by atoms with Crippen molar-refractivity contribution in [3.63, 3.8) is 0 Å². The van der Waals surface area contributed by atoms with Crippen LogP contribution in [-0.4, -0.2) is 62.4 Å². The lowest BCUT2D eigenvalue weighted by atomic mass is 10.2. The Kier molecular flexibility index (Phi) is 4.81. The van der Waals surface area contributed by atoms with E-state index in [9.17, 15) is 4.79 Å². The van der Waals surface area contributed by atoms with Gasteiger partial charge in [-0.25, -0.2) is 0 Å². The van der Waals surface area contributed by atoms with Crippen LogP contribution in [0.15, 0.2) is 23.3 Å². The van der Waals surface area contributed by atoms with Gasteiger partial charge in [-0.05, 0) is 43.7 Å². The number of ether oxygens (including phenoxy) is 2. The quantitative estimate of drug-likeness (QED) is 0.469. The Labute approximate surface area is 136 Å². The minimum absolute atomic E-state index is 0.0678. The molecular formula is C17H23N3O3. The van der Waals surface area contributed by atoms with Gasteiger partial charge in [0.25, 0.3) is 0 Å². The van der Waals surface area contributed by atoms with E-state index in [1.807, 2.05) is 18.3 Å². The maximum Gasteiger partial charge on any atom is 0.314 e. The first kappa shape index (κ1) is 15.8. The number of likely N-dealkylation sites (N-methyl/N-ethyl adjacent to an activating group) is 1. The molecule has 6 nitrogen and oxygen atoms in total. The highest BCUT2D eigenvalue weighted by atomic mass is 16.6. The summed E-state index contributed by atoms with van der Waals surface area (Å²) >= 11 is 0. The smallest absolute Gasteiger partial charge is 0.314 e. The molecule has 0 radical (unpaired) electrons. The lowest BCUT2D eigenvalue weighted by molar-refractivity contribution is -0.135. The first-order chi connectivity index (χ1) is 11.2. The number of carbonyl (C=O) groups excluding carboxylic acids is 1. The van der Waals surface area contributed by atoms with Gasteiger partial charge in [0, 0.05) is 26.2 Å². The second kappa shape index (κ2) is 7.00. The molecule has 1 aliphatic carbocycles. The lowest BCUT2D eigenvalue weighted by Crippen LogP contribution is -2.41. The van der Waals surface area contributed by atoms with E-state index in [4.69, 9.17) is 9.47 Å². The van der Waals surface area contributed by atoms with Crippen molar-refractivity contribution < 1.29 is 14.3 Å². The highest BCUT2D eigenvalue weighted by Gasteiger charge is 2.32. The Morgan fingerprint density at radius 1 is 1.22 bits per heavy atom. The number of esters is 1. The van der Waals surface area contributed by atoms with Gasteiger partial charge in [-0.15, -0.1) is 0 Å². The molecule has 3 rings (SSSR count). The van der Waals surface area contributed by atoms with Gasteiger partial charge in [-0.3, -0.25) is 9.80 Å². The van der Waals surface area contributed by atoms with E-state index in [-0.39, 0.29) is 11.9 Å². The fraction of sp³-hybridized carbons (Fsp3) is 0.529. The number of hydrogen-bond acceptors (Lipinski definition) is 6. The Morgan fingerprint density at radius 2 is 1.96 bits per heavy atom. The SMILES string of the molecule is COc1cc(/C=N\N2CCN(C)CC2)ccc1OC(=O)C1CC1. The van der Waals surface area contributed by atoms with Gasteiger partial charge < -0.3 is 14.4 Å². The Balaban J connectivity index is 1.64. The van der Waals surface area contributed by atoms with Crippen molar-refractivity contribution in [1.29, 1.82) is 0 Å². The van der Waals surface area contributed by atoms with E-state index in [1.54, 1.807) is 13.2 Å². The number of hydrazone groups is 1. The van der Waals surface area contributed by atoms with Crippen molar-refractivity contribution in [2.45, 2.75) is 12.8 Å². The molecular weight excluding hydrogens is 294 g/mol. The van der Waals surface area contributed by atoms with E-state index in [0.29, 0.717) is 11.5 Å². The first-order valence-electron chi connectivity index (χ1n) is 8.03. The fourth-order valence-electron chi connectivity index (χ4n) is 2.42. The van der Waals surface area contributed by atoms with Crippen molar-refractivity contribution in [1.82, 2.24) is 9.91 Å². The van der Waals surface area contributed by atoms with Gasteiger partial charge in [0.05, 0.1) is 19.2 Å². The molecule has 0 N–H and O–H groups in total. The minimum atomic E-state index is -0.165. The highest BCUT2D eigenvalue weighted by Crippen LogP contribution is 2.34. The summed E-state index contributed by atoms with van der Waals surface area (Å²) in [7, 11) is 3.69. The predicted molar refractivity (Wildman–Crippen MR) is 88.0 cm³/mol. The number of benzene rings is 1. The summed E-state index contributed by atoms with van der Waals surface area (Å²) in [5.74, 6) is 0.933. The average molecular weight is 317 g/mol. The van der Waals surface area contributed by atoms with Crippen LogP contribution in [0.1, 0.15) is 18.4 Å². The van der Waals surface area contributed by atoms with Gasteiger partial charge in [-0.1, -0.05) is 0 Å². The van der Waals surface area contributed by atoms with Crippen molar-refractivity contribution >= 4 is 12.2 Å². The molecule has 1 heterocycles. The molecule has 0 amide bonds. The van der Waals surface area contributed by atoms with Crippen LogP contribution in [0.2, 0.25) is 0 Å². The minimum Gasteiger partial charge on any atom is -0.493 e. The number of methoxy groups -OCH3 is 1. The first-order valence-corrected chi connectivity index (χ1v) is 8.03. The second-order valence-corrected chi connectivity index (χ2v) is 6.11. The highest BCUT2D eigenvalue weighted by molar-refractivity contribution is 5.82. The molecule has 1 aromatic rings. The molecule has 0 unspecified atom stereocenters. The average Bonchev–Trinajstić information content (AvgIpc) is 3.40. The van der Waals surface area contributed by atoms with Crippen molar-refractivity contribution in [2.24, 2.45) is 11.0 Å². The van der Waals surface area contributed by atoms with Gasteiger partial charge in [-0.2, -0.15) is 5.10 Å². The van der Waals surface area contributed by atoms with Gasteiger partial charge in [0.1, 0.15) is 0 Å². The van der Waals surface area contributed by atoms with Crippen molar-refractivity contribution in [3.8, 4) is 11.5 Å². The predicted octanol–water partition coefficient (Wildman–Crippen LogP) is 1.59. The molecule has 1 saturated heterocycles. The molecule has 23 heavy (non-hydrogen) atoms. The Hall–Kier alpha value is -2.08. The third-order valence-corrected chi connectivity index (χ3v) is 4.16. The summed E-state index contributed by atoms with van der Waals surface area (Å²) < 4.78 is 10.7.